The Balaban J connectivity index is 2.18. The second kappa shape index (κ2) is 12.5. The number of hydrogen-bond donors (Lipinski definition) is 1. The summed E-state index contributed by atoms with van der Waals surface area (Å²) in [4.78, 5) is 27.7. The van der Waals surface area contributed by atoms with E-state index in [9.17, 15) is 9.59 Å². The summed E-state index contributed by atoms with van der Waals surface area (Å²) in [7, 11) is 3.18. The fourth-order valence-corrected chi connectivity index (χ4v) is 3.76. The van der Waals surface area contributed by atoms with Crippen LogP contribution < -0.4 is 14.8 Å². The lowest BCUT2D eigenvalue weighted by Crippen LogP contribution is -2.49. The Morgan fingerprint density at radius 3 is 2.38 bits per heavy atom. The van der Waals surface area contributed by atoms with Gasteiger partial charge in [0.05, 0.1) is 14.2 Å². The zero-order valence-electron chi connectivity index (χ0n) is 19.5. The van der Waals surface area contributed by atoms with Crippen molar-refractivity contribution in [1.29, 1.82) is 0 Å². The van der Waals surface area contributed by atoms with E-state index < -0.39 is 6.04 Å². The molecular formula is C25H33BrN2O4. The predicted octanol–water partition coefficient (Wildman–Crippen LogP) is 4.73. The second-order valence-corrected chi connectivity index (χ2v) is 8.75. The summed E-state index contributed by atoms with van der Waals surface area (Å²) in [5.41, 5.74) is 1.93. The molecule has 32 heavy (non-hydrogen) atoms. The Hall–Kier alpha value is -2.54. The highest BCUT2D eigenvalue weighted by Crippen LogP contribution is 2.28. The van der Waals surface area contributed by atoms with E-state index in [4.69, 9.17) is 9.47 Å². The van der Waals surface area contributed by atoms with Crippen LogP contribution in [0, 0.1) is 0 Å². The normalized spacial score (nSPS) is 12.6. The van der Waals surface area contributed by atoms with Gasteiger partial charge < -0.3 is 19.7 Å². The number of rotatable bonds is 11. The van der Waals surface area contributed by atoms with Crippen LogP contribution >= 0.6 is 15.9 Å². The molecule has 6 nitrogen and oxygen atoms in total. The number of benzene rings is 2. The van der Waals surface area contributed by atoms with Gasteiger partial charge in [-0.3, -0.25) is 9.59 Å². The molecule has 0 radical (unpaired) electrons. The molecule has 0 aliphatic carbocycles. The van der Waals surface area contributed by atoms with Gasteiger partial charge in [-0.15, -0.1) is 0 Å². The van der Waals surface area contributed by atoms with Gasteiger partial charge in [0.2, 0.25) is 11.8 Å². The molecule has 2 aromatic carbocycles. The number of halogens is 1. The van der Waals surface area contributed by atoms with Gasteiger partial charge in [-0.25, -0.2) is 0 Å². The zero-order valence-corrected chi connectivity index (χ0v) is 21.1. The molecule has 0 heterocycles. The fourth-order valence-electron chi connectivity index (χ4n) is 3.31. The predicted molar refractivity (Wildman–Crippen MR) is 130 cm³/mol. The molecule has 2 atom stereocenters. The number of nitrogens with zero attached hydrogens (tertiary/aromatic N) is 1. The summed E-state index contributed by atoms with van der Waals surface area (Å²) in [6.45, 7) is 6.12. The SMILES string of the molecule is CC[C@@H](C)NC(=O)[C@@H](C)N(Cc1cccc(Br)c1)C(=O)CCc1ccc(OC)c(OC)c1. The first-order valence-corrected chi connectivity index (χ1v) is 11.6. The van der Waals surface area contributed by atoms with Crippen molar-refractivity contribution in [2.45, 2.75) is 58.7 Å². The maximum Gasteiger partial charge on any atom is 0.242 e. The molecule has 174 valence electrons. The van der Waals surface area contributed by atoms with Crippen molar-refractivity contribution in [2.24, 2.45) is 0 Å². The maximum absolute atomic E-state index is 13.3. The lowest BCUT2D eigenvalue weighted by atomic mass is 10.1. The summed E-state index contributed by atoms with van der Waals surface area (Å²) in [6.07, 6.45) is 1.65. The molecule has 2 rings (SSSR count). The van der Waals surface area contributed by atoms with Crippen LogP contribution in [0.3, 0.4) is 0 Å². The van der Waals surface area contributed by atoms with Crippen LogP contribution in [0.2, 0.25) is 0 Å². The number of amides is 2. The average molecular weight is 505 g/mol. The van der Waals surface area contributed by atoms with Crippen LogP contribution in [-0.4, -0.2) is 43.0 Å². The smallest absolute Gasteiger partial charge is 0.242 e. The summed E-state index contributed by atoms with van der Waals surface area (Å²) >= 11 is 3.48. The van der Waals surface area contributed by atoms with Crippen LogP contribution in [-0.2, 0) is 22.6 Å². The van der Waals surface area contributed by atoms with Crippen LogP contribution in [0.4, 0.5) is 0 Å². The third-order valence-corrected chi connectivity index (χ3v) is 5.98. The first-order valence-electron chi connectivity index (χ1n) is 10.8. The van der Waals surface area contributed by atoms with E-state index in [1.165, 1.54) is 0 Å². The Kier molecular flexibility index (Phi) is 10.0. The molecule has 0 aliphatic heterocycles. The largest absolute Gasteiger partial charge is 0.493 e. The monoisotopic (exact) mass is 504 g/mol. The van der Waals surface area contributed by atoms with E-state index in [0.29, 0.717) is 24.5 Å². The second-order valence-electron chi connectivity index (χ2n) is 7.83. The lowest BCUT2D eigenvalue weighted by Gasteiger charge is -2.30. The molecule has 0 fully saturated rings. The van der Waals surface area contributed by atoms with Gasteiger partial charge in [-0.05, 0) is 62.1 Å². The Morgan fingerprint density at radius 1 is 1.03 bits per heavy atom. The van der Waals surface area contributed by atoms with E-state index in [-0.39, 0.29) is 24.3 Å². The minimum absolute atomic E-state index is 0.0551. The van der Waals surface area contributed by atoms with Crippen LogP contribution in [0.15, 0.2) is 46.9 Å². The van der Waals surface area contributed by atoms with Crippen molar-refractivity contribution in [3.05, 3.63) is 58.1 Å². The molecule has 2 aromatic rings. The molecule has 0 aromatic heterocycles. The van der Waals surface area contributed by atoms with Crippen molar-refractivity contribution in [2.75, 3.05) is 14.2 Å². The molecule has 0 aliphatic rings. The van der Waals surface area contributed by atoms with Crippen molar-refractivity contribution in [3.63, 3.8) is 0 Å². The van der Waals surface area contributed by atoms with Gasteiger partial charge in [-0.2, -0.15) is 0 Å². The van der Waals surface area contributed by atoms with E-state index >= 15 is 0 Å². The first-order chi connectivity index (χ1) is 15.3. The Labute approximate surface area is 199 Å². The average Bonchev–Trinajstić information content (AvgIpc) is 2.80. The molecule has 0 spiro atoms. The van der Waals surface area contributed by atoms with Crippen molar-refractivity contribution < 1.29 is 19.1 Å². The highest BCUT2D eigenvalue weighted by molar-refractivity contribution is 9.10. The molecule has 1 N–H and O–H groups in total. The molecule has 2 amide bonds. The fraction of sp³-hybridized carbons (Fsp3) is 0.440. The third kappa shape index (κ3) is 7.26. The number of carbonyl (C=O) groups is 2. The van der Waals surface area contributed by atoms with Crippen LogP contribution in [0.5, 0.6) is 11.5 Å². The number of aryl methyl sites for hydroxylation is 1. The van der Waals surface area contributed by atoms with Crippen LogP contribution in [0.1, 0.15) is 44.7 Å². The van der Waals surface area contributed by atoms with Gasteiger partial charge in [0.25, 0.3) is 0 Å². The van der Waals surface area contributed by atoms with Gasteiger partial charge in [-0.1, -0.05) is 41.1 Å². The summed E-state index contributed by atoms with van der Waals surface area (Å²) < 4.78 is 11.6. The quantitative estimate of drug-likeness (QED) is 0.480. The molecule has 0 saturated carbocycles. The minimum Gasteiger partial charge on any atom is -0.493 e. The van der Waals surface area contributed by atoms with E-state index in [1.807, 2.05) is 56.3 Å². The first kappa shape index (κ1) is 25.7. The highest BCUT2D eigenvalue weighted by atomic mass is 79.9. The lowest BCUT2D eigenvalue weighted by molar-refractivity contribution is -0.140. The molecule has 0 unspecified atom stereocenters. The standard InChI is InChI=1S/C25H33BrN2O4/c1-6-17(2)27-25(30)18(3)28(16-20-8-7-9-21(26)14-20)24(29)13-11-19-10-12-22(31-4)23(15-19)32-5/h7-10,12,14-15,17-18H,6,11,13,16H2,1-5H3,(H,27,30)/t17-,18-/m1/s1. The topological polar surface area (TPSA) is 67.9 Å². The molecular weight excluding hydrogens is 472 g/mol. The molecule has 0 saturated heterocycles. The van der Waals surface area contributed by atoms with Crippen molar-refractivity contribution in [1.82, 2.24) is 10.2 Å². The summed E-state index contributed by atoms with van der Waals surface area (Å²) in [5.74, 6) is 1.05. The van der Waals surface area contributed by atoms with E-state index in [1.54, 1.807) is 26.0 Å². The van der Waals surface area contributed by atoms with Gasteiger partial charge in [0, 0.05) is 23.5 Å². The maximum atomic E-state index is 13.3. The van der Waals surface area contributed by atoms with Crippen LogP contribution in [0.25, 0.3) is 0 Å². The number of hydrogen-bond acceptors (Lipinski definition) is 4. The van der Waals surface area contributed by atoms with E-state index in [0.717, 1.165) is 22.0 Å². The number of carbonyl (C=O) groups excluding carboxylic acids is 2. The molecule has 7 heteroatoms. The van der Waals surface area contributed by atoms with E-state index in [2.05, 4.69) is 21.2 Å². The minimum atomic E-state index is -0.583. The Morgan fingerprint density at radius 2 is 1.75 bits per heavy atom. The highest BCUT2D eigenvalue weighted by Gasteiger charge is 2.26. The van der Waals surface area contributed by atoms with Crippen molar-refractivity contribution >= 4 is 27.7 Å². The third-order valence-electron chi connectivity index (χ3n) is 5.49. The summed E-state index contributed by atoms with van der Waals surface area (Å²) in [5, 5.41) is 2.99. The number of nitrogens with one attached hydrogen (secondary N) is 1. The van der Waals surface area contributed by atoms with Crippen molar-refractivity contribution in [3.8, 4) is 11.5 Å². The van der Waals surface area contributed by atoms with Gasteiger partial charge >= 0.3 is 0 Å². The summed E-state index contributed by atoms with van der Waals surface area (Å²) in [6, 6.07) is 12.9. The van der Waals surface area contributed by atoms with Gasteiger partial charge in [0.1, 0.15) is 6.04 Å². The number of ether oxygens (including phenoxy) is 2. The Bertz CT molecular complexity index is 919. The zero-order chi connectivity index (χ0) is 23.7. The molecule has 0 bridgehead atoms. The number of methoxy groups -OCH3 is 2. The van der Waals surface area contributed by atoms with Gasteiger partial charge in [0.15, 0.2) is 11.5 Å².